The van der Waals surface area contributed by atoms with Crippen molar-refractivity contribution >= 4 is 11.7 Å². The van der Waals surface area contributed by atoms with Gasteiger partial charge in [-0.3, -0.25) is 5.10 Å². The number of aromatic amines is 1. The van der Waals surface area contributed by atoms with E-state index in [1.165, 1.54) is 12.3 Å². The van der Waals surface area contributed by atoms with Crippen LogP contribution in [0.5, 0.6) is 0 Å². The molecule has 2 aromatic heterocycles. The number of aromatic carboxylic acids is 1. The maximum Gasteiger partial charge on any atom is 0.354 e. The van der Waals surface area contributed by atoms with E-state index in [9.17, 15) is 9.90 Å². The van der Waals surface area contributed by atoms with Crippen molar-refractivity contribution in [2.24, 2.45) is 5.92 Å². The lowest BCUT2D eigenvalue weighted by Crippen LogP contribution is -2.21. The van der Waals surface area contributed by atoms with Gasteiger partial charge in [-0.2, -0.15) is 5.10 Å². The number of hydrogen-bond donors (Lipinski definition) is 3. The highest BCUT2D eigenvalue weighted by molar-refractivity contribution is 5.86. The molecule has 3 N–H and O–H groups in total. The molecule has 3 rings (SSSR count). The van der Waals surface area contributed by atoms with E-state index in [0.717, 1.165) is 17.1 Å². The molecule has 22 heavy (non-hydrogen) atoms. The van der Waals surface area contributed by atoms with Gasteiger partial charge in [0.05, 0.1) is 11.8 Å². The molecule has 1 saturated heterocycles. The van der Waals surface area contributed by atoms with Crippen LogP contribution in [-0.2, 0) is 6.42 Å². The monoisotopic (exact) mass is 302 g/mol. The van der Waals surface area contributed by atoms with Crippen molar-refractivity contribution in [1.29, 1.82) is 0 Å². The Labute approximate surface area is 127 Å². The van der Waals surface area contributed by atoms with Crippen LogP contribution in [0.4, 0.5) is 5.69 Å². The lowest BCUT2D eigenvalue weighted by Gasteiger charge is -2.18. The number of aliphatic hydroxyl groups is 1. The lowest BCUT2D eigenvalue weighted by molar-refractivity contribution is 0.0690. The van der Waals surface area contributed by atoms with E-state index in [-0.39, 0.29) is 11.6 Å². The molecule has 116 valence electrons. The van der Waals surface area contributed by atoms with Gasteiger partial charge in [-0.25, -0.2) is 9.78 Å². The van der Waals surface area contributed by atoms with E-state index in [1.807, 2.05) is 17.9 Å². The van der Waals surface area contributed by atoms with Crippen molar-refractivity contribution in [2.75, 3.05) is 18.0 Å². The zero-order valence-corrected chi connectivity index (χ0v) is 12.2. The minimum Gasteiger partial charge on any atom is -0.477 e. The number of nitrogens with zero attached hydrogens (tertiary/aromatic N) is 3. The number of hydrogen-bond acceptors (Lipinski definition) is 5. The second-order valence-corrected chi connectivity index (χ2v) is 5.68. The van der Waals surface area contributed by atoms with Crippen LogP contribution in [0.3, 0.4) is 0 Å². The molecule has 3 heterocycles. The second-order valence-electron chi connectivity index (χ2n) is 5.68. The van der Waals surface area contributed by atoms with Crippen LogP contribution >= 0.6 is 0 Å². The van der Waals surface area contributed by atoms with Gasteiger partial charge in [0.15, 0.2) is 0 Å². The summed E-state index contributed by atoms with van der Waals surface area (Å²) < 4.78 is 0. The molecule has 2 atom stereocenters. The fraction of sp³-hybridized carbons (Fsp3) is 0.400. The molecule has 0 amide bonds. The second kappa shape index (κ2) is 5.76. The Kier molecular flexibility index (Phi) is 3.81. The van der Waals surface area contributed by atoms with Gasteiger partial charge in [0.2, 0.25) is 0 Å². The van der Waals surface area contributed by atoms with Gasteiger partial charge in [-0.15, -0.1) is 0 Å². The van der Waals surface area contributed by atoms with E-state index in [4.69, 9.17) is 5.11 Å². The molecule has 1 aliphatic rings. The van der Waals surface area contributed by atoms with Gasteiger partial charge in [0, 0.05) is 36.6 Å². The maximum atomic E-state index is 11.0. The Morgan fingerprint density at radius 2 is 2.27 bits per heavy atom. The summed E-state index contributed by atoms with van der Waals surface area (Å²) in [5.41, 5.74) is 2.72. The molecule has 0 aliphatic carbocycles. The molecular formula is C15H18N4O3. The van der Waals surface area contributed by atoms with E-state index in [1.54, 1.807) is 6.07 Å². The molecule has 0 saturated carbocycles. The first-order valence-corrected chi connectivity index (χ1v) is 7.16. The highest BCUT2D eigenvalue weighted by Gasteiger charge is 2.32. The predicted octanol–water partition coefficient (Wildman–Crippen LogP) is 0.851. The summed E-state index contributed by atoms with van der Waals surface area (Å²) in [5.74, 6) is -0.978. The van der Waals surface area contributed by atoms with E-state index in [2.05, 4.69) is 15.2 Å². The molecule has 2 aromatic rings. The van der Waals surface area contributed by atoms with Gasteiger partial charge in [0.25, 0.3) is 0 Å². The molecule has 0 unspecified atom stereocenters. The highest BCUT2D eigenvalue weighted by atomic mass is 16.4. The van der Waals surface area contributed by atoms with Gasteiger partial charge >= 0.3 is 5.97 Å². The number of carboxylic acid groups (broad SMARTS) is 1. The van der Waals surface area contributed by atoms with Gasteiger partial charge in [-0.1, -0.05) is 0 Å². The maximum absolute atomic E-state index is 11.0. The summed E-state index contributed by atoms with van der Waals surface area (Å²) in [6, 6.07) is 5.28. The number of nitrogens with one attached hydrogen (secondary N) is 1. The SMILES string of the molecule is Cc1cc(C[C@@H]2CN(c3ccnc(C(=O)O)c3)C[C@@H]2O)n[nH]1. The Hall–Kier alpha value is -2.41. The zero-order chi connectivity index (χ0) is 15.7. The Bertz CT molecular complexity index is 685. The lowest BCUT2D eigenvalue weighted by atomic mass is 10.0. The summed E-state index contributed by atoms with van der Waals surface area (Å²) in [4.78, 5) is 16.8. The number of aliphatic hydroxyl groups excluding tert-OH is 1. The first kappa shape index (κ1) is 14.5. The molecule has 7 nitrogen and oxygen atoms in total. The molecule has 0 bridgehead atoms. The van der Waals surface area contributed by atoms with Crippen molar-refractivity contribution in [3.05, 3.63) is 41.5 Å². The summed E-state index contributed by atoms with van der Waals surface area (Å²) in [6.45, 7) is 3.09. The number of rotatable bonds is 4. The number of pyridine rings is 1. The number of β-amino-alcohol motifs (C(OH)–C–C–N with tert-alkyl or cyclic N) is 1. The standard InChI is InChI=1S/C15H18N4O3/c1-9-4-11(18-17-9)5-10-7-19(8-14(10)20)12-2-3-16-13(6-12)15(21)22/h2-4,6,10,14,20H,5,7-8H2,1H3,(H,17,18)(H,21,22)/t10-,14+/m1/s1. The first-order chi connectivity index (χ1) is 10.5. The van der Waals surface area contributed by atoms with Crippen LogP contribution in [-0.4, -0.2) is 50.6 Å². The molecule has 1 aliphatic heterocycles. The van der Waals surface area contributed by atoms with Crippen LogP contribution in [0, 0.1) is 12.8 Å². The number of aromatic nitrogens is 3. The number of carboxylic acids is 1. The molecule has 1 fully saturated rings. The minimum absolute atomic E-state index is 0.0124. The number of carbonyl (C=O) groups is 1. The molecule has 7 heteroatoms. The van der Waals surface area contributed by atoms with Crippen molar-refractivity contribution in [2.45, 2.75) is 19.4 Å². The van der Waals surface area contributed by atoms with E-state index < -0.39 is 12.1 Å². The van der Waals surface area contributed by atoms with Crippen LogP contribution in [0.25, 0.3) is 0 Å². The van der Waals surface area contributed by atoms with Crippen molar-refractivity contribution in [3.63, 3.8) is 0 Å². The molecule has 0 radical (unpaired) electrons. The van der Waals surface area contributed by atoms with Crippen LogP contribution < -0.4 is 4.90 Å². The summed E-state index contributed by atoms with van der Waals surface area (Å²) >= 11 is 0. The molecule has 0 spiro atoms. The van der Waals surface area contributed by atoms with Crippen molar-refractivity contribution in [1.82, 2.24) is 15.2 Å². The highest BCUT2D eigenvalue weighted by Crippen LogP contribution is 2.26. The molecule has 0 aromatic carbocycles. The average Bonchev–Trinajstić information content (AvgIpc) is 3.06. The number of H-pyrrole nitrogens is 1. The van der Waals surface area contributed by atoms with E-state index in [0.29, 0.717) is 19.5 Å². The van der Waals surface area contributed by atoms with Gasteiger partial charge in [-0.05, 0) is 31.5 Å². The third kappa shape index (κ3) is 2.94. The third-order valence-corrected chi connectivity index (χ3v) is 3.96. The Balaban J connectivity index is 1.72. The largest absolute Gasteiger partial charge is 0.477 e. The minimum atomic E-state index is -1.05. The van der Waals surface area contributed by atoms with Gasteiger partial charge < -0.3 is 15.1 Å². The topological polar surface area (TPSA) is 102 Å². The first-order valence-electron chi connectivity index (χ1n) is 7.16. The summed E-state index contributed by atoms with van der Waals surface area (Å²) in [7, 11) is 0. The van der Waals surface area contributed by atoms with Crippen LogP contribution in [0.15, 0.2) is 24.4 Å². The average molecular weight is 302 g/mol. The zero-order valence-electron chi connectivity index (χ0n) is 12.2. The predicted molar refractivity (Wildman–Crippen MR) is 79.9 cm³/mol. The number of aryl methyl sites for hydroxylation is 1. The summed E-state index contributed by atoms with van der Waals surface area (Å²) in [5, 5.41) is 26.4. The van der Waals surface area contributed by atoms with Crippen LogP contribution in [0.2, 0.25) is 0 Å². The normalized spacial score (nSPS) is 21.3. The fourth-order valence-corrected chi connectivity index (χ4v) is 2.85. The van der Waals surface area contributed by atoms with E-state index >= 15 is 0 Å². The summed E-state index contributed by atoms with van der Waals surface area (Å²) in [6.07, 6.45) is 1.72. The fourth-order valence-electron chi connectivity index (χ4n) is 2.85. The Morgan fingerprint density at radius 1 is 1.45 bits per heavy atom. The van der Waals surface area contributed by atoms with Crippen LogP contribution in [0.1, 0.15) is 21.9 Å². The molecular weight excluding hydrogens is 284 g/mol. The van der Waals surface area contributed by atoms with Gasteiger partial charge in [0.1, 0.15) is 5.69 Å². The quantitative estimate of drug-likeness (QED) is 0.774. The Morgan fingerprint density at radius 3 is 2.95 bits per heavy atom. The van der Waals surface area contributed by atoms with Crippen molar-refractivity contribution < 1.29 is 15.0 Å². The third-order valence-electron chi connectivity index (χ3n) is 3.96. The number of anilines is 1. The van der Waals surface area contributed by atoms with Crippen molar-refractivity contribution in [3.8, 4) is 0 Å². The smallest absolute Gasteiger partial charge is 0.354 e.